The van der Waals surface area contributed by atoms with Crippen LogP contribution in [0.5, 0.6) is 0 Å². The van der Waals surface area contributed by atoms with Crippen molar-refractivity contribution < 1.29 is 51.4 Å². The Labute approximate surface area is 712 Å². The summed E-state index contributed by atoms with van der Waals surface area (Å²) in [6.07, 6.45) is 85.1. The van der Waals surface area contributed by atoms with Crippen molar-refractivity contribution in [3.05, 3.63) is 25.3 Å². The molecular weight excluding hydrogens is 1460 g/mol. The number of amides is 2. The third-order valence-electron chi connectivity index (χ3n) is 22.0. The van der Waals surface area contributed by atoms with Gasteiger partial charge in [-0.3, -0.25) is 23.2 Å². The van der Waals surface area contributed by atoms with Crippen molar-refractivity contribution in [2.45, 2.75) is 518 Å². The number of carbonyl (C=O) groups excluding carboxylic acids is 2. The van der Waals surface area contributed by atoms with Gasteiger partial charge in [0.1, 0.15) is 0 Å². The number of phosphoric acid groups is 1. The summed E-state index contributed by atoms with van der Waals surface area (Å²) in [5.74, 6) is 1.47. The number of ether oxygens (including phenoxy) is 2. The number of nitrogens with zero attached hydrogens (tertiary/aromatic N) is 1. The zero-order valence-electron chi connectivity index (χ0n) is 78.2. The molecule has 0 fully saturated rings. The summed E-state index contributed by atoms with van der Waals surface area (Å²) in [7, 11) is -4.74. The van der Waals surface area contributed by atoms with Gasteiger partial charge in [-0.2, -0.15) is 0 Å². The van der Waals surface area contributed by atoms with E-state index >= 15 is 0 Å². The number of rotatable bonds is 91. The van der Waals surface area contributed by atoms with Crippen LogP contribution in [0.4, 0.5) is 0 Å². The van der Waals surface area contributed by atoms with Crippen LogP contribution in [0.2, 0.25) is 0 Å². The summed E-state index contributed by atoms with van der Waals surface area (Å²) in [6, 6.07) is 0.130. The smallest absolute Gasteiger partial charge is 0.394 e. The Kier molecular flexibility index (Phi) is 98.0. The highest BCUT2D eigenvalue weighted by Crippen LogP contribution is 2.50. The minimum atomic E-state index is -3.78. The molecule has 0 bridgehead atoms. The molecule has 0 aliphatic rings. The number of unbranched alkanes of at least 4 members (excludes halogenated alkanes) is 48. The monoisotopic (exact) mass is 1660 g/mol. The van der Waals surface area contributed by atoms with Gasteiger partial charge in [0.25, 0.3) is 8.53 Å². The maximum Gasteiger partial charge on any atom is 0.475 e. The standard InChI is InChI=1S/C46H92NO6P.C40H81NO3.C12H26NO2P/c1-6-11-14-17-19-21-23-25-27-30-33-36-44(35-32-29-16-13-8-3)38-41-50-42-45(43-53-54(49,51-39-9-4)52-40-10-5)47-46(48)37-34-31-28-26-24-22-20-18-15-12-7-2;1-4-7-10-13-15-17-19-21-23-26-29-32-38(31-28-25-12-9-6-3)34-35-44-37-39(36-42)41-40(43)33-30-27-24-22-20-18-16-14-11-8-5-2;1-7-9-14-16(15-10-8-2)13(11(3)4)12(5)6/h9,44-45H,4,6-8,10-43H2,1-3,5H3,(H,47,48);38-39,42H,4-37H2,1-3H3,(H,41,43);7,11-12H,1,8-10H2,2-6H3/t44-,45-,54?;38-,39+;/m11./s1. The molecule has 0 radical (unpaired) electrons. The lowest BCUT2D eigenvalue weighted by Gasteiger charge is -2.35. The van der Waals surface area contributed by atoms with Gasteiger partial charge in [0.05, 0.1) is 64.9 Å². The third kappa shape index (κ3) is 85.7. The lowest BCUT2D eigenvalue weighted by atomic mass is 9.91. The van der Waals surface area contributed by atoms with Crippen LogP contribution in [0.1, 0.15) is 494 Å². The first-order chi connectivity index (χ1) is 55.7. The molecule has 0 saturated heterocycles. The van der Waals surface area contributed by atoms with Crippen molar-refractivity contribution in [1.82, 2.24) is 15.3 Å². The highest BCUT2D eigenvalue weighted by Gasteiger charge is 2.29. The molecule has 2 unspecified atom stereocenters. The number of carbonyl (C=O) groups is 2. The van der Waals surface area contributed by atoms with Crippen LogP contribution in [0.3, 0.4) is 0 Å². The fraction of sp³-hybridized carbons (Fsp3) is 0.939. The second-order valence-electron chi connectivity index (χ2n) is 34.2. The molecule has 0 aromatic carbocycles. The normalized spacial score (nSPS) is 13.5. The van der Waals surface area contributed by atoms with E-state index in [4.69, 9.17) is 32.1 Å². The molecule has 14 nitrogen and oxygen atoms in total. The SMILES string of the molecule is C=CCOP(=O)(OCCC)OC[C@@H](COCC[C@H](CCCCCCC)CCCCCCCCCCCCC)NC(=O)CCCCCCCCCCCCC.C=CCOP(OCCC)N(C(C)C)C(C)C.CCCCCCCCCCCCCC(=O)N[C@@H](CO)COCC[C@H](CCCCCCC)CCCCCCCCCCCCC. The Morgan fingerprint density at radius 2 is 0.632 bits per heavy atom. The maximum absolute atomic E-state index is 13.3. The molecule has 3 N–H and O–H groups in total. The molecule has 2 amide bonds. The number of hydrogen-bond donors (Lipinski definition) is 3. The molecular formula is C98H199N3O11P2. The third-order valence-corrected chi connectivity index (χ3v) is 25.5. The van der Waals surface area contributed by atoms with Crippen molar-refractivity contribution in [3.8, 4) is 0 Å². The fourth-order valence-electron chi connectivity index (χ4n) is 14.9. The van der Waals surface area contributed by atoms with Crippen molar-refractivity contribution >= 4 is 28.2 Å². The Hall–Kier alpha value is -1.28. The van der Waals surface area contributed by atoms with E-state index in [1.807, 2.05) is 6.92 Å². The summed E-state index contributed by atoms with van der Waals surface area (Å²) in [5.41, 5.74) is 0. The lowest BCUT2D eigenvalue weighted by Crippen LogP contribution is -2.41. The van der Waals surface area contributed by atoms with Crippen LogP contribution in [-0.2, 0) is 46.2 Å². The summed E-state index contributed by atoms with van der Waals surface area (Å²) >= 11 is 0. The molecule has 0 aliphatic heterocycles. The van der Waals surface area contributed by atoms with Gasteiger partial charge in [0.15, 0.2) is 0 Å². The highest BCUT2D eigenvalue weighted by atomic mass is 31.2. The van der Waals surface area contributed by atoms with Crippen LogP contribution in [0.25, 0.3) is 0 Å². The first-order valence-corrected chi connectivity index (χ1v) is 52.2. The van der Waals surface area contributed by atoms with E-state index in [-0.39, 0.29) is 44.3 Å². The molecule has 0 aromatic rings. The average molecular weight is 1660 g/mol. The number of aliphatic hydroxyl groups is 1. The van der Waals surface area contributed by atoms with Crippen LogP contribution in [-0.4, -0.2) is 112 Å². The molecule has 0 rings (SSSR count). The fourth-order valence-corrected chi connectivity index (χ4v) is 17.9. The van der Waals surface area contributed by atoms with Crippen LogP contribution in [0.15, 0.2) is 25.3 Å². The number of phosphoric ester groups is 1. The van der Waals surface area contributed by atoms with Gasteiger partial charge in [-0.05, 0) is 78.1 Å². The van der Waals surface area contributed by atoms with E-state index in [1.54, 1.807) is 6.08 Å². The largest absolute Gasteiger partial charge is 0.475 e. The van der Waals surface area contributed by atoms with E-state index in [9.17, 15) is 19.3 Å². The molecule has 0 heterocycles. The van der Waals surface area contributed by atoms with Gasteiger partial charge >= 0.3 is 7.82 Å². The van der Waals surface area contributed by atoms with E-state index < -0.39 is 22.4 Å². The summed E-state index contributed by atoms with van der Waals surface area (Å²) < 4.78 is 56.0. The van der Waals surface area contributed by atoms with Gasteiger partial charge in [-0.1, -0.05) is 427 Å². The Morgan fingerprint density at radius 3 is 0.921 bits per heavy atom. The summed E-state index contributed by atoms with van der Waals surface area (Å²) in [6.45, 7) is 37.4. The van der Waals surface area contributed by atoms with E-state index in [1.165, 1.54) is 353 Å². The molecule has 16 heteroatoms. The van der Waals surface area contributed by atoms with E-state index in [2.05, 4.69) is 105 Å². The van der Waals surface area contributed by atoms with Crippen molar-refractivity contribution in [2.24, 2.45) is 11.8 Å². The second kappa shape index (κ2) is 95.6. The molecule has 682 valence electrons. The van der Waals surface area contributed by atoms with Gasteiger partial charge in [0.2, 0.25) is 11.8 Å². The van der Waals surface area contributed by atoms with Gasteiger partial charge in [0, 0.05) is 38.1 Å². The number of hydrogen-bond acceptors (Lipinski definition) is 12. The van der Waals surface area contributed by atoms with E-state index in [0.29, 0.717) is 63.7 Å². The van der Waals surface area contributed by atoms with Gasteiger partial charge in [-0.25, -0.2) is 9.24 Å². The number of nitrogens with one attached hydrogen (secondary N) is 2. The van der Waals surface area contributed by atoms with Crippen LogP contribution in [0, 0.1) is 11.8 Å². The summed E-state index contributed by atoms with van der Waals surface area (Å²) in [5, 5.41) is 15.9. The zero-order chi connectivity index (χ0) is 84.4. The lowest BCUT2D eigenvalue weighted by molar-refractivity contribution is -0.123. The topological polar surface area (TPSA) is 163 Å². The quantitative estimate of drug-likeness (QED) is 0.0301. The first-order valence-electron chi connectivity index (χ1n) is 49.6. The van der Waals surface area contributed by atoms with Crippen molar-refractivity contribution in [1.29, 1.82) is 0 Å². The number of aliphatic hydroxyl groups excluding tert-OH is 1. The van der Waals surface area contributed by atoms with Crippen molar-refractivity contribution in [2.75, 3.05) is 66.1 Å². The average Bonchev–Trinajstić information content (AvgIpc) is 0.905. The highest BCUT2D eigenvalue weighted by molar-refractivity contribution is 7.48. The first kappa shape index (κ1) is 117. The minimum Gasteiger partial charge on any atom is -0.394 e. The molecule has 0 aromatic heterocycles. The van der Waals surface area contributed by atoms with Crippen LogP contribution >= 0.6 is 16.3 Å². The predicted octanol–water partition coefficient (Wildman–Crippen LogP) is 31.2. The molecule has 0 aliphatic carbocycles. The van der Waals surface area contributed by atoms with Gasteiger partial charge < -0.3 is 34.3 Å². The van der Waals surface area contributed by atoms with E-state index in [0.717, 1.165) is 64.1 Å². The minimum absolute atomic E-state index is 0.00171. The molecule has 0 spiro atoms. The molecule has 6 atom stereocenters. The second-order valence-corrected chi connectivity index (χ2v) is 37.3. The Morgan fingerprint density at radius 1 is 0.342 bits per heavy atom. The Bertz CT molecular complexity index is 1970. The molecule has 0 saturated carbocycles. The van der Waals surface area contributed by atoms with Crippen molar-refractivity contribution in [3.63, 3.8) is 0 Å². The van der Waals surface area contributed by atoms with Crippen LogP contribution < -0.4 is 10.6 Å². The summed E-state index contributed by atoms with van der Waals surface area (Å²) in [4.78, 5) is 25.4. The molecule has 114 heavy (non-hydrogen) atoms. The van der Waals surface area contributed by atoms with Gasteiger partial charge in [-0.15, -0.1) is 13.2 Å². The Balaban J connectivity index is -0.00000183. The predicted molar refractivity (Wildman–Crippen MR) is 497 cm³/mol. The maximum atomic E-state index is 13.3. The zero-order valence-corrected chi connectivity index (χ0v) is 80.0.